The number of hydrogen-bond donors (Lipinski definition) is 12. The smallest absolute Gasteiger partial charge is 0.407 e. The molecular formula is C73H92ClF2N11O19S. The first-order valence-electron chi connectivity index (χ1n) is 33.9. The summed E-state index contributed by atoms with van der Waals surface area (Å²) in [5.74, 6) is 2.92. The number of carbonyl (C=O) groups is 1. The van der Waals surface area contributed by atoms with Gasteiger partial charge in [0.25, 0.3) is 39.5 Å². The third kappa shape index (κ3) is 30.8. The van der Waals surface area contributed by atoms with Crippen LogP contribution in [0.2, 0.25) is 5.35 Å². The highest BCUT2D eigenvalue weighted by atomic mass is 35.5. The van der Waals surface area contributed by atoms with Gasteiger partial charge in [-0.3, -0.25) is 4.55 Å². The van der Waals surface area contributed by atoms with E-state index >= 15 is 0 Å². The summed E-state index contributed by atoms with van der Waals surface area (Å²) in [6, 6.07) is 34.0. The molecule has 11 rings (SSSR count). The summed E-state index contributed by atoms with van der Waals surface area (Å²) in [7, 11) is -0.814. The van der Waals surface area contributed by atoms with Crippen LogP contribution < -0.4 is 51.3 Å². The van der Waals surface area contributed by atoms with Crippen LogP contribution in [0.3, 0.4) is 0 Å². The van der Waals surface area contributed by atoms with Crippen LogP contribution in [0.4, 0.5) is 37.6 Å². The molecule has 6 aromatic carbocycles. The number of fused-ring (bicyclic) bond motifs is 5. The predicted octanol–water partition coefficient (Wildman–Crippen LogP) is 13.4. The number of halogens is 3. The minimum absolute atomic E-state index is 0.0666. The van der Waals surface area contributed by atoms with Gasteiger partial charge in [-0.2, -0.15) is 33.3 Å². The standard InChI is InChI=1S/C21H30FN3O5.C16H22FN3O3.C11H14N2O3.C10H12N2O3.C8H6ClNO2.C7H8O3S/c1-21(2,3)30-20(27)24-14-15(13-22)6-4-11-28-16-7-8-17-18(12-16)29-19(25-17)23-9-5-10-26;17-10-12(11-18)3-1-8-22-13-4-5-14-15(9-13)23-16(20-14)19-6-2-7-21;1-15-8-3-4-9-10(7-8)16-11(13-9)12-5-2-6-14;13-5-1-4-11-10-12-8-3-2-7(14)6-9(8)15-10;1-11-5-2-3-6-7(4-5)12-8(9)10-6;1-6-2-4-7(5-3-6)11(8,9)10/h7-8,12-13,26H,4-6,9-11,14H2,1-3H3,(H,23,25)(H,24,27);4-5,9-10,21H,1-3,6-8,11,18H2,(H,19,20);3-4,7,14H,2,5-6H2,1H3,(H,12,13);2-3,6,13-14H,1,4-5H2,(H,11,12);2-4H,1H3;2-5H,1H3,(H,8,9,10)/b15-13-;12-10-;;;;. The van der Waals surface area contributed by atoms with Gasteiger partial charge in [0.2, 0.25) is 0 Å². The SMILES string of the molecule is CC(C)(C)OC(=O)NC/C(=C\F)CCCOc1ccc2nc(NCCCO)oc2c1.COc1ccc2nc(Cl)oc2c1.COc1ccc2nc(NCCCO)oc2c1.Cc1ccc(S(=O)(=O)O)cc1.NC/C(=C\F)CCCOc1ccc2nc(NCCCO)oc2c1.OCCCNc1nc2ccc(O)cc2o1. The molecule has 0 radical (unpaired) electrons. The molecule has 0 atom stereocenters. The molecule has 1 amide bonds. The zero-order valence-corrected chi connectivity index (χ0v) is 61.7. The highest BCUT2D eigenvalue weighted by molar-refractivity contribution is 7.85. The molecule has 0 saturated carbocycles. The van der Waals surface area contributed by atoms with Crippen molar-refractivity contribution < 1.29 is 97.8 Å². The van der Waals surface area contributed by atoms with Gasteiger partial charge in [0.05, 0.1) is 45.0 Å². The van der Waals surface area contributed by atoms with Crippen LogP contribution in [0.5, 0.6) is 28.7 Å². The van der Waals surface area contributed by atoms with Crippen molar-refractivity contribution >= 4 is 107 Å². The van der Waals surface area contributed by atoms with E-state index in [-0.39, 0.29) is 55.5 Å². The summed E-state index contributed by atoms with van der Waals surface area (Å²) in [4.78, 5) is 32.5. The molecule has 5 aromatic heterocycles. The Labute approximate surface area is 621 Å². The minimum Gasteiger partial charge on any atom is -0.508 e. The van der Waals surface area contributed by atoms with Gasteiger partial charge in [-0.05, 0) is 175 Å². The Hall–Kier alpha value is -10.5. The van der Waals surface area contributed by atoms with Crippen LogP contribution in [0, 0.1) is 6.92 Å². The van der Waals surface area contributed by atoms with Crippen LogP contribution in [-0.2, 0) is 14.9 Å². The number of aromatic nitrogens is 5. The number of phenols is 1. The summed E-state index contributed by atoms with van der Waals surface area (Å²) >= 11 is 5.56. The topological polar surface area (TPSA) is 435 Å². The molecular weight excluding hydrogens is 1440 g/mol. The van der Waals surface area contributed by atoms with Crippen molar-refractivity contribution in [1.29, 1.82) is 0 Å². The quantitative estimate of drug-likeness (QED) is 0.0138. The van der Waals surface area contributed by atoms with E-state index in [0.717, 1.165) is 33.6 Å². The number of nitrogens with zero attached hydrogens (tertiary/aromatic N) is 5. The van der Waals surface area contributed by atoms with Crippen molar-refractivity contribution in [3.05, 3.63) is 150 Å². The molecule has 5 heterocycles. The fourth-order valence-corrected chi connectivity index (χ4v) is 9.56. The second kappa shape index (κ2) is 45.1. The molecule has 0 bridgehead atoms. The van der Waals surface area contributed by atoms with Crippen molar-refractivity contribution in [3.8, 4) is 28.7 Å². The number of ether oxygens (including phenoxy) is 5. The Morgan fingerprint density at radius 3 is 1.27 bits per heavy atom. The second-order valence-corrected chi connectivity index (χ2v) is 25.7. The summed E-state index contributed by atoms with van der Waals surface area (Å²) in [6.45, 7) is 11.2. The van der Waals surface area contributed by atoms with Crippen LogP contribution in [0.25, 0.3) is 55.5 Å². The third-order valence-electron chi connectivity index (χ3n) is 14.3. The summed E-state index contributed by atoms with van der Waals surface area (Å²) in [6.07, 6.45) is 5.32. The number of alkyl carbamates (subject to hydrolysis) is 1. The van der Waals surface area contributed by atoms with Crippen LogP contribution in [0.1, 0.15) is 77.7 Å². The lowest BCUT2D eigenvalue weighted by molar-refractivity contribution is 0.0531. The average molecular weight is 1530 g/mol. The molecule has 0 aliphatic carbocycles. The number of oxazole rings is 5. The van der Waals surface area contributed by atoms with Crippen molar-refractivity contribution in [3.63, 3.8) is 0 Å². The van der Waals surface area contributed by atoms with Crippen LogP contribution in [0.15, 0.2) is 166 Å². The number of hydrogen-bond acceptors (Lipinski definition) is 28. The van der Waals surface area contributed by atoms with E-state index in [1.165, 1.54) is 18.2 Å². The van der Waals surface area contributed by atoms with Crippen molar-refractivity contribution in [1.82, 2.24) is 30.2 Å². The number of amides is 1. The number of carbonyl (C=O) groups excluding carboxylic acids is 1. The van der Waals surface area contributed by atoms with Gasteiger partial charge >= 0.3 is 6.09 Å². The first-order valence-corrected chi connectivity index (χ1v) is 35.7. The molecule has 0 spiro atoms. The summed E-state index contributed by atoms with van der Waals surface area (Å²) < 4.78 is 109. The maximum absolute atomic E-state index is 13.1. The highest BCUT2D eigenvalue weighted by Crippen LogP contribution is 2.29. The molecule has 11 aromatic rings. The lowest BCUT2D eigenvalue weighted by atomic mass is 10.1. The summed E-state index contributed by atoms with van der Waals surface area (Å²) in [5, 5.41) is 58.6. The van der Waals surface area contributed by atoms with E-state index < -0.39 is 21.8 Å². The van der Waals surface area contributed by atoms with E-state index in [0.29, 0.717) is 189 Å². The Morgan fingerprint density at radius 1 is 0.533 bits per heavy atom. The molecule has 0 aliphatic rings. The molecule has 0 saturated heterocycles. The number of rotatable bonds is 32. The van der Waals surface area contributed by atoms with Gasteiger partial charge in [-0.15, -0.1) is 0 Å². The third-order valence-corrected chi connectivity index (χ3v) is 15.3. The number of aliphatic hydroxyl groups is 4. The van der Waals surface area contributed by atoms with Crippen molar-refractivity contribution in [2.45, 2.75) is 89.6 Å². The number of aromatic hydroxyl groups is 1. The number of benzene rings is 6. The molecule has 13 N–H and O–H groups in total. The van der Waals surface area contributed by atoms with Gasteiger partial charge in [-0.1, -0.05) is 17.7 Å². The Balaban J connectivity index is 0.000000208. The van der Waals surface area contributed by atoms with Gasteiger partial charge in [0, 0.05) is 96.0 Å². The second-order valence-electron chi connectivity index (χ2n) is 23.9. The number of aryl methyl sites for hydroxylation is 1. The lowest BCUT2D eigenvalue weighted by Crippen LogP contribution is -2.33. The number of nitrogens with one attached hydrogen (secondary N) is 5. The highest BCUT2D eigenvalue weighted by Gasteiger charge is 2.17. The van der Waals surface area contributed by atoms with Crippen LogP contribution >= 0.6 is 11.6 Å². The van der Waals surface area contributed by atoms with Crippen molar-refractivity contribution in [2.75, 3.05) is 114 Å². The fourth-order valence-electron chi connectivity index (χ4n) is 8.91. The molecule has 34 heteroatoms. The number of phenolic OH excluding ortho intramolecular Hbond substituents is 1. The zero-order valence-electron chi connectivity index (χ0n) is 60.1. The molecule has 580 valence electrons. The van der Waals surface area contributed by atoms with E-state index in [2.05, 4.69) is 51.5 Å². The van der Waals surface area contributed by atoms with Gasteiger partial charge in [-0.25, -0.2) is 13.6 Å². The first-order chi connectivity index (χ1) is 51.5. The monoisotopic (exact) mass is 1530 g/mol. The van der Waals surface area contributed by atoms with Crippen LogP contribution in [-0.4, -0.2) is 168 Å². The van der Waals surface area contributed by atoms with Gasteiger partial charge in [0.1, 0.15) is 61.9 Å². The normalized spacial score (nSPS) is 11.4. The predicted molar refractivity (Wildman–Crippen MR) is 403 cm³/mol. The molecule has 0 unspecified atom stereocenters. The van der Waals surface area contributed by atoms with E-state index in [1.807, 2.05) is 31.2 Å². The number of nitrogens with two attached hydrogens (primary N) is 1. The van der Waals surface area contributed by atoms with E-state index in [1.54, 1.807) is 108 Å². The molecule has 0 aliphatic heterocycles. The van der Waals surface area contributed by atoms with Crippen molar-refractivity contribution in [2.24, 2.45) is 5.73 Å². The largest absolute Gasteiger partial charge is 0.508 e. The number of methoxy groups -OCH3 is 2. The minimum atomic E-state index is -4.02. The van der Waals surface area contributed by atoms with Gasteiger partial charge in [0.15, 0.2) is 27.9 Å². The van der Waals surface area contributed by atoms with Gasteiger partial charge < -0.3 is 104 Å². The maximum atomic E-state index is 13.1. The summed E-state index contributed by atoms with van der Waals surface area (Å²) in [5.41, 5.74) is 13.5. The Bertz CT molecular complexity index is 4640. The van der Waals surface area contributed by atoms with E-state index in [9.17, 15) is 27.1 Å². The Kier molecular flexibility index (Phi) is 36.0. The molecule has 30 nitrogen and oxygen atoms in total. The number of anilines is 4. The maximum Gasteiger partial charge on any atom is 0.407 e. The fraction of sp³-hybridized carbons (Fsp3) is 0.370. The van der Waals surface area contributed by atoms with E-state index in [4.69, 9.17) is 88.1 Å². The Morgan fingerprint density at radius 2 is 0.897 bits per heavy atom. The first kappa shape index (κ1) is 85.4. The average Bonchev–Trinajstić information content (AvgIpc) is 1.69. The number of aliphatic hydroxyl groups excluding tert-OH is 4. The zero-order chi connectivity index (χ0) is 77.6. The lowest BCUT2D eigenvalue weighted by Gasteiger charge is -2.20. The molecule has 0 fully saturated rings. The molecule has 107 heavy (non-hydrogen) atoms.